The van der Waals surface area contributed by atoms with Gasteiger partial charge < -0.3 is 0 Å². The highest BCUT2D eigenvalue weighted by Crippen LogP contribution is 2.27. The lowest BCUT2D eigenvalue weighted by Crippen LogP contribution is -1.97. The minimum atomic E-state index is -1.27. The predicted molar refractivity (Wildman–Crippen MR) is 73.0 cm³/mol. The van der Waals surface area contributed by atoms with E-state index in [4.69, 9.17) is 23.2 Å². The molecule has 94 valence electrons. The maximum absolute atomic E-state index is 12.8. The fourth-order valence-corrected chi connectivity index (χ4v) is 3.07. The second kappa shape index (κ2) is 5.83. The number of rotatable bonds is 3. The van der Waals surface area contributed by atoms with E-state index in [2.05, 4.69) is 0 Å². The average Bonchev–Trinajstić information content (AvgIpc) is 2.36. The standard InChI is InChI=1S/C13H9Cl2FOS/c14-12-3-1-2-9(13(12)15)8-18(17)11-6-4-10(16)5-7-11/h1-7H,8H2. The summed E-state index contributed by atoms with van der Waals surface area (Å²) in [5.41, 5.74) is 0.715. The molecule has 2 rings (SSSR count). The highest BCUT2D eigenvalue weighted by Gasteiger charge is 2.10. The molecule has 0 aromatic heterocycles. The van der Waals surface area contributed by atoms with Crippen molar-refractivity contribution >= 4 is 34.0 Å². The zero-order valence-corrected chi connectivity index (χ0v) is 11.5. The van der Waals surface area contributed by atoms with Crippen molar-refractivity contribution in [2.45, 2.75) is 10.6 Å². The molecule has 0 bridgehead atoms. The molecule has 18 heavy (non-hydrogen) atoms. The Morgan fingerprint density at radius 2 is 1.72 bits per heavy atom. The van der Waals surface area contributed by atoms with Crippen molar-refractivity contribution in [3.05, 3.63) is 63.9 Å². The lowest BCUT2D eigenvalue weighted by atomic mass is 10.2. The van der Waals surface area contributed by atoms with E-state index in [-0.39, 0.29) is 11.6 Å². The Kier molecular flexibility index (Phi) is 4.38. The van der Waals surface area contributed by atoms with Crippen LogP contribution in [0.2, 0.25) is 10.0 Å². The molecule has 0 saturated carbocycles. The minimum Gasteiger partial charge on any atom is -0.254 e. The van der Waals surface area contributed by atoms with E-state index in [1.165, 1.54) is 24.3 Å². The van der Waals surface area contributed by atoms with Gasteiger partial charge in [-0.05, 0) is 35.9 Å². The maximum atomic E-state index is 12.8. The van der Waals surface area contributed by atoms with Crippen LogP contribution >= 0.6 is 23.2 Å². The fraction of sp³-hybridized carbons (Fsp3) is 0.0769. The summed E-state index contributed by atoms with van der Waals surface area (Å²) in [6.45, 7) is 0. The summed E-state index contributed by atoms with van der Waals surface area (Å²) in [6.07, 6.45) is 0. The molecule has 1 unspecified atom stereocenters. The van der Waals surface area contributed by atoms with Crippen molar-refractivity contribution in [3.63, 3.8) is 0 Å². The monoisotopic (exact) mass is 302 g/mol. The first-order valence-electron chi connectivity index (χ1n) is 5.15. The molecule has 5 heteroatoms. The van der Waals surface area contributed by atoms with E-state index in [1.807, 2.05) is 0 Å². The van der Waals surface area contributed by atoms with Gasteiger partial charge in [-0.1, -0.05) is 35.3 Å². The predicted octanol–water partition coefficient (Wildman–Crippen LogP) is 4.44. The Hall–Kier alpha value is -0.900. The molecular formula is C13H9Cl2FOS. The Balaban J connectivity index is 2.21. The van der Waals surface area contributed by atoms with Crippen molar-refractivity contribution in [1.82, 2.24) is 0 Å². The number of halogens is 3. The lowest BCUT2D eigenvalue weighted by Gasteiger charge is -2.06. The number of hydrogen-bond acceptors (Lipinski definition) is 1. The van der Waals surface area contributed by atoms with Gasteiger partial charge in [-0.2, -0.15) is 0 Å². The Morgan fingerprint density at radius 3 is 2.39 bits per heavy atom. The molecule has 0 heterocycles. The zero-order chi connectivity index (χ0) is 13.1. The van der Waals surface area contributed by atoms with Crippen molar-refractivity contribution in [1.29, 1.82) is 0 Å². The molecule has 0 aliphatic carbocycles. The minimum absolute atomic E-state index is 0.255. The summed E-state index contributed by atoms with van der Waals surface area (Å²) in [5.74, 6) is -0.0954. The van der Waals surface area contributed by atoms with Crippen LogP contribution in [0, 0.1) is 5.82 Å². The van der Waals surface area contributed by atoms with Crippen LogP contribution in [-0.4, -0.2) is 4.21 Å². The van der Waals surface area contributed by atoms with Gasteiger partial charge in [0.1, 0.15) is 5.82 Å². The molecule has 2 aromatic carbocycles. The van der Waals surface area contributed by atoms with E-state index in [0.717, 1.165) is 0 Å². The van der Waals surface area contributed by atoms with Crippen LogP contribution in [0.5, 0.6) is 0 Å². The van der Waals surface area contributed by atoms with Gasteiger partial charge in [0.15, 0.2) is 0 Å². The molecule has 0 N–H and O–H groups in total. The van der Waals surface area contributed by atoms with Gasteiger partial charge in [-0.25, -0.2) is 4.39 Å². The van der Waals surface area contributed by atoms with Crippen molar-refractivity contribution in [2.24, 2.45) is 0 Å². The molecule has 1 atom stereocenters. The molecule has 0 fully saturated rings. The number of hydrogen-bond donors (Lipinski definition) is 0. The first-order valence-corrected chi connectivity index (χ1v) is 7.22. The summed E-state index contributed by atoms with van der Waals surface area (Å²) >= 11 is 11.9. The van der Waals surface area contributed by atoms with E-state index < -0.39 is 10.8 Å². The number of benzene rings is 2. The molecule has 1 nitrogen and oxygen atoms in total. The van der Waals surface area contributed by atoms with Crippen LogP contribution < -0.4 is 0 Å². The van der Waals surface area contributed by atoms with Crippen LogP contribution in [0.25, 0.3) is 0 Å². The summed E-state index contributed by atoms with van der Waals surface area (Å²) in [6, 6.07) is 10.8. The molecular weight excluding hydrogens is 294 g/mol. The van der Waals surface area contributed by atoms with Gasteiger partial charge in [0.2, 0.25) is 0 Å². The zero-order valence-electron chi connectivity index (χ0n) is 9.20. The third kappa shape index (κ3) is 3.10. The quantitative estimate of drug-likeness (QED) is 0.819. The van der Waals surface area contributed by atoms with Gasteiger partial charge >= 0.3 is 0 Å². The normalized spacial score (nSPS) is 12.4. The van der Waals surface area contributed by atoms with Gasteiger partial charge in [0.05, 0.1) is 26.6 Å². The SMILES string of the molecule is O=S(Cc1cccc(Cl)c1Cl)c1ccc(F)cc1. The summed E-state index contributed by atoms with van der Waals surface area (Å²) < 4.78 is 24.8. The van der Waals surface area contributed by atoms with Crippen LogP contribution in [0.4, 0.5) is 4.39 Å². The highest BCUT2D eigenvalue weighted by molar-refractivity contribution is 7.84. The van der Waals surface area contributed by atoms with E-state index in [0.29, 0.717) is 20.5 Å². The second-order valence-corrected chi connectivity index (χ2v) is 5.89. The lowest BCUT2D eigenvalue weighted by molar-refractivity contribution is 0.626. The molecule has 0 saturated heterocycles. The van der Waals surface area contributed by atoms with Gasteiger partial charge in [0, 0.05) is 4.90 Å². The first-order chi connectivity index (χ1) is 8.58. The smallest absolute Gasteiger partial charge is 0.123 e. The Bertz CT molecular complexity index is 584. The fourth-order valence-electron chi connectivity index (χ4n) is 1.47. The van der Waals surface area contributed by atoms with Crippen LogP contribution in [-0.2, 0) is 16.6 Å². The molecule has 0 radical (unpaired) electrons. The van der Waals surface area contributed by atoms with Crippen molar-refractivity contribution < 1.29 is 8.60 Å². The highest BCUT2D eigenvalue weighted by atomic mass is 35.5. The van der Waals surface area contributed by atoms with Crippen LogP contribution in [0.15, 0.2) is 47.4 Å². The summed E-state index contributed by atoms with van der Waals surface area (Å²) in [4.78, 5) is 0.562. The van der Waals surface area contributed by atoms with Gasteiger partial charge in [0.25, 0.3) is 0 Å². The largest absolute Gasteiger partial charge is 0.254 e. The van der Waals surface area contributed by atoms with Crippen LogP contribution in [0.1, 0.15) is 5.56 Å². The Morgan fingerprint density at radius 1 is 1.06 bits per heavy atom. The molecule has 0 aliphatic rings. The molecule has 0 spiro atoms. The molecule has 0 aliphatic heterocycles. The first kappa shape index (κ1) is 13.5. The van der Waals surface area contributed by atoms with Crippen molar-refractivity contribution in [3.8, 4) is 0 Å². The van der Waals surface area contributed by atoms with Gasteiger partial charge in [-0.15, -0.1) is 0 Å². The van der Waals surface area contributed by atoms with Gasteiger partial charge in [-0.3, -0.25) is 4.21 Å². The van der Waals surface area contributed by atoms with E-state index in [1.54, 1.807) is 18.2 Å². The molecule has 0 amide bonds. The third-order valence-corrected chi connectivity index (χ3v) is 4.62. The second-order valence-electron chi connectivity index (χ2n) is 3.66. The third-order valence-electron chi connectivity index (χ3n) is 2.39. The molecule has 2 aromatic rings. The summed E-state index contributed by atoms with van der Waals surface area (Å²) in [7, 11) is -1.27. The maximum Gasteiger partial charge on any atom is 0.123 e. The average molecular weight is 303 g/mol. The summed E-state index contributed by atoms with van der Waals surface area (Å²) in [5, 5.41) is 0.847. The van der Waals surface area contributed by atoms with Crippen molar-refractivity contribution in [2.75, 3.05) is 0 Å². The van der Waals surface area contributed by atoms with E-state index in [9.17, 15) is 8.60 Å². The Labute approximate surface area is 117 Å². The van der Waals surface area contributed by atoms with Crippen LogP contribution in [0.3, 0.4) is 0 Å². The van der Waals surface area contributed by atoms with E-state index >= 15 is 0 Å². The topological polar surface area (TPSA) is 17.1 Å².